The molecule has 5 nitrogen and oxygen atoms in total. The van der Waals surface area contributed by atoms with Crippen LogP contribution in [0.15, 0.2) is 39.4 Å². The minimum atomic E-state index is -0.460. The van der Waals surface area contributed by atoms with Crippen molar-refractivity contribution in [1.82, 2.24) is 4.90 Å². The minimum Gasteiger partial charge on any atom is -0.468 e. The lowest BCUT2D eigenvalue weighted by Gasteiger charge is -2.24. The molecule has 0 aliphatic heterocycles. The van der Waals surface area contributed by atoms with Crippen LogP contribution in [0.2, 0.25) is 0 Å². The summed E-state index contributed by atoms with van der Waals surface area (Å²) < 4.78 is 15.5. The van der Waals surface area contributed by atoms with Gasteiger partial charge in [0.15, 0.2) is 0 Å². The SMILES string of the molecule is COC(=O)c1ccc(CN(Cc2ccco2)C(C)C)o1. The number of carbonyl (C=O) groups is 1. The maximum atomic E-state index is 11.4. The Morgan fingerprint density at radius 1 is 1.25 bits per heavy atom. The number of nitrogens with zero attached hydrogens (tertiary/aromatic N) is 1. The lowest BCUT2D eigenvalue weighted by molar-refractivity contribution is 0.0560. The smallest absolute Gasteiger partial charge is 0.373 e. The topological polar surface area (TPSA) is 55.8 Å². The molecule has 0 aliphatic carbocycles. The summed E-state index contributed by atoms with van der Waals surface area (Å²) in [6, 6.07) is 7.57. The summed E-state index contributed by atoms with van der Waals surface area (Å²) in [5.41, 5.74) is 0. The molecule has 2 aromatic heterocycles. The van der Waals surface area contributed by atoms with Crippen LogP contribution in [0, 0.1) is 0 Å². The molecule has 20 heavy (non-hydrogen) atoms. The molecule has 0 fully saturated rings. The van der Waals surface area contributed by atoms with E-state index < -0.39 is 5.97 Å². The van der Waals surface area contributed by atoms with Crippen molar-refractivity contribution in [2.24, 2.45) is 0 Å². The molecule has 0 spiro atoms. The van der Waals surface area contributed by atoms with E-state index in [2.05, 4.69) is 23.5 Å². The molecule has 0 N–H and O–H groups in total. The fraction of sp³-hybridized carbons (Fsp3) is 0.400. The van der Waals surface area contributed by atoms with Gasteiger partial charge in [-0.1, -0.05) is 0 Å². The first-order chi connectivity index (χ1) is 9.60. The number of hydrogen-bond acceptors (Lipinski definition) is 5. The van der Waals surface area contributed by atoms with Crippen molar-refractivity contribution >= 4 is 5.97 Å². The quantitative estimate of drug-likeness (QED) is 0.759. The summed E-state index contributed by atoms with van der Waals surface area (Å²) in [7, 11) is 1.34. The van der Waals surface area contributed by atoms with Gasteiger partial charge in [0.1, 0.15) is 11.5 Å². The molecule has 0 atom stereocenters. The van der Waals surface area contributed by atoms with E-state index in [1.54, 1.807) is 18.4 Å². The molecular weight excluding hydrogens is 258 g/mol. The summed E-state index contributed by atoms with van der Waals surface area (Å²) in [5, 5.41) is 0. The molecule has 2 aromatic rings. The number of esters is 1. The number of furan rings is 2. The van der Waals surface area contributed by atoms with Crippen molar-refractivity contribution in [2.45, 2.75) is 33.0 Å². The molecule has 0 bridgehead atoms. The summed E-state index contributed by atoms with van der Waals surface area (Å²) >= 11 is 0. The normalized spacial score (nSPS) is 11.2. The van der Waals surface area contributed by atoms with Crippen molar-refractivity contribution in [2.75, 3.05) is 7.11 Å². The van der Waals surface area contributed by atoms with Gasteiger partial charge in [0.2, 0.25) is 5.76 Å². The Balaban J connectivity index is 2.04. The van der Waals surface area contributed by atoms with E-state index in [-0.39, 0.29) is 5.76 Å². The van der Waals surface area contributed by atoms with Crippen LogP contribution in [-0.4, -0.2) is 24.0 Å². The highest BCUT2D eigenvalue weighted by Crippen LogP contribution is 2.16. The number of carbonyl (C=O) groups excluding carboxylic acids is 1. The molecule has 0 unspecified atom stereocenters. The second kappa shape index (κ2) is 6.43. The molecule has 5 heteroatoms. The maximum absolute atomic E-state index is 11.4. The highest BCUT2D eigenvalue weighted by molar-refractivity contribution is 5.86. The van der Waals surface area contributed by atoms with Crippen molar-refractivity contribution < 1.29 is 18.4 Å². The lowest BCUT2D eigenvalue weighted by atomic mass is 10.2. The first-order valence-electron chi connectivity index (χ1n) is 6.53. The fourth-order valence-corrected chi connectivity index (χ4v) is 1.90. The molecule has 0 saturated heterocycles. The van der Waals surface area contributed by atoms with Gasteiger partial charge in [-0.15, -0.1) is 0 Å². The first kappa shape index (κ1) is 14.4. The van der Waals surface area contributed by atoms with Gasteiger partial charge in [-0.2, -0.15) is 0 Å². The zero-order valence-electron chi connectivity index (χ0n) is 12.0. The van der Waals surface area contributed by atoms with Crippen LogP contribution in [-0.2, 0) is 17.8 Å². The van der Waals surface area contributed by atoms with Gasteiger partial charge in [0.05, 0.1) is 26.5 Å². The van der Waals surface area contributed by atoms with Crippen LogP contribution in [0.25, 0.3) is 0 Å². The van der Waals surface area contributed by atoms with Gasteiger partial charge in [-0.3, -0.25) is 4.90 Å². The Bertz CT molecular complexity index is 542. The second-order valence-electron chi connectivity index (χ2n) is 4.84. The van der Waals surface area contributed by atoms with Crippen LogP contribution in [0.3, 0.4) is 0 Å². The first-order valence-corrected chi connectivity index (χ1v) is 6.53. The van der Waals surface area contributed by atoms with Gasteiger partial charge in [-0.05, 0) is 38.1 Å². The number of hydrogen-bond donors (Lipinski definition) is 0. The lowest BCUT2D eigenvalue weighted by Crippen LogP contribution is -2.29. The monoisotopic (exact) mass is 277 g/mol. The van der Waals surface area contributed by atoms with E-state index in [0.29, 0.717) is 19.1 Å². The summed E-state index contributed by atoms with van der Waals surface area (Å²) in [6.45, 7) is 5.51. The van der Waals surface area contributed by atoms with Gasteiger partial charge in [0, 0.05) is 6.04 Å². The third-order valence-electron chi connectivity index (χ3n) is 3.08. The van der Waals surface area contributed by atoms with Gasteiger partial charge in [0.25, 0.3) is 0 Å². The van der Waals surface area contributed by atoms with E-state index in [1.165, 1.54) is 7.11 Å². The molecule has 0 aliphatic rings. The predicted molar refractivity (Wildman–Crippen MR) is 73.1 cm³/mol. The number of methoxy groups -OCH3 is 1. The highest BCUT2D eigenvalue weighted by Gasteiger charge is 2.16. The van der Waals surface area contributed by atoms with Crippen molar-refractivity contribution in [3.05, 3.63) is 47.8 Å². The van der Waals surface area contributed by atoms with E-state index in [1.807, 2.05) is 12.1 Å². The average molecular weight is 277 g/mol. The van der Waals surface area contributed by atoms with Crippen molar-refractivity contribution in [1.29, 1.82) is 0 Å². The number of ether oxygens (including phenoxy) is 1. The molecule has 0 saturated carbocycles. The fourth-order valence-electron chi connectivity index (χ4n) is 1.90. The Morgan fingerprint density at radius 2 is 2.00 bits per heavy atom. The van der Waals surface area contributed by atoms with Crippen LogP contribution < -0.4 is 0 Å². The third kappa shape index (κ3) is 3.51. The van der Waals surface area contributed by atoms with E-state index >= 15 is 0 Å². The molecule has 0 radical (unpaired) electrons. The van der Waals surface area contributed by atoms with Crippen molar-refractivity contribution in [3.8, 4) is 0 Å². The van der Waals surface area contributed by atoms with Crippen molar-refractivity contribution in [3.63, 3.8) is 0 Å². The molecular formula is C15H19NO4. The second-order valence-corrected chi connectivity index (χ2v) is 4.84. The molecule has 108 valence electrons. The van der Waals surface area contributed by atoms with Crippen LogP contribution >= 0.6 is 0 Å². The van der Waals surface area contributed by atoms with E-state index in [4.69, 9.17) is 8.83 Å². The predicted octanol–water partition coefficient (Wildman–Crippen LogP) is 3.07. The zero-order chi connectivity index (χ0) is 14.5. The standard InChI is InChI=1S/C15H19NO4/c1-11(2)16(9-12-5-4-8-19-12)10-13-6-7-14(20-13)15(17)18-3/h4-8,11H,9-10H2,1-3H3. The highest BCUT2D eigenvalue weighted by atomic mass is 16.5. The molecule has 2 rings (SSSR count). The molecule has 0 amide bonds. The van der Waals surface area contributed by atoms with Crippen LogP contribution in [0.5, 0.6) is 0 Å². The third-order valence-corrected chi connectivity index (χ3v) is 3.08. The summed E-state index contributed by atoms with van der Waals surface area (Å²) in [6.07, 6.45) is 1.66. The molecule has 2 heterocycles. The zero-order valence-corrected chi connectivity index (χ0v) is 12.0. The molecule has 0 aromatic carbocycles. The average Bonchev–Trinajstić information content (AvgIpc) is 3.08. The maximum Gasteiger partial charge on any atom is 0.373 e. The number of rotatable bonds is 6. The van der Waals surface area contributed by atoms with E-state index in [0.717, 1.165) is 11.5 Å². The van der Waals surface area contributed by atoms with Gasteiger partial charge in [-0.25, -0.2) is 4.79 Å². The Hall–Kier alpha value is -2.01. The van der Waals surface area contributed by atoms with Gasteiger partial charge < -0.3 is 13.6 Å². The van der Waals surface area contributed by atoms with E-state index in [9.17, 15) is 4.79 Å². The Morgan fingerprint density at radius 3 is 2.60 bits per heavy atom. The van der Waals surface area contributed by atoms with Crippen LogP contribution in [0.1, 0.15) is 35.9 Å². The Labute approximate surface area is 118 Å². The van der Waals surface area contributed by atoms with Crippen LogP contribution in [0.4, 0.5) is 0 Å². The minimum absolute atomic E-state index is 0.226. The summed E-state index contributed by atoms with van der Waals surface area (Å²) in [5.74, 6) is 1.40. The Kier molecular flexibility index (Phi) is 4.63. The van der Waals surface area contributed by atoms with Gasteiger partial charge >= 0.3 is 5.97 Å². The summed E-state index contributed by atoms with van der Waals surface area (Å²) in [4.78, 5) is 13.6. The largest absolute Gasteiger partial charge is 0.468 e.